The Hall–Kier alpha value is -3.73. The summed E-state index contributed by atoms with van der Waals surface area (Å²) < 4.78 is 0. The average molecular weight is 463 g/mol. The van der Waals surface area contributed by atoms with E-state index in [-0.39, 0.29) is 41.4 Å². The van der Waals surface area contributed by atoms with E-state index in [2.05, 4.69) is 17.5 Å². The molecule has 3 aromatic rings. The van der Waals surface area contributed by atoms with Crippen LogP contribution in [0.2, 0.25) is 0 Å². The lowest BCUT2D eigenvalue weighted by Gasteiger charge is -2.37. The topological polar surface area (TPSA) is 66.5 Å². The van der Waals surface area contributed by atoms with Crippen LogP contribution in [-0.2, 0) is 20.8 Å². The van der Waals surface area contributed by atoms with Crippen molar-refractivity contribution in [3.63, 3.8) is 0 Å². The van der Waals surface area contributed by atoms with Crippen LogP contribution in [-0.4, -0.2) is 28.7 Å². The molecule has 3 fully saturated rings. The zero-order valence-corrected chi connectivity index (χ0v) is 19.2. The number of benzene rings is 3. The largest absolute Gasteiger partial charge is 0.324 e. The highest BCUT2D eigenvalue weighted by Crippen LogP contribution is 2.65. The van der Waals surface area contributed by atoms with E-state index in [4.69, 9.17) is 0 Å². The van der Waals surface area contributed by atoms with Gasteiger partial charge in [-0.2, -0.15) is 0 Å². The van der Waals surface area contributed by atoms with Crippen molar-refractivity contribution in [3.8, 4) is 0 Å². The molecule has 0 unspecified atom stereocenters. The van der Waals surface area contributed by atoms with E-state index in [0.717, 1.165) is 22.8 Å². The van der Waals surface area contributed by atoms with Crippen LogP contribution >= 0.6 is 0 Å². The molecule has 5 nitrogen and oxygen atoms in total. The first kappa shape index (κ1) is 20.6. The Balaban J connectivity index is 1.25. The molecule has 1 saturated heterocycles. The summed E-state index contributed by atoms with van der Waals surface area (Å²) in [5, 5.41) is 5.01. The van der Waals surface area contributed by atoms with Crippen LogP contribution in [0, 0.1) is 35.5 Å². The number of allylic oxidation sites excluding steroid dienone is 2. The van der Waals surface area contributed by atoms with Gasteiger partial charge in [0.05, 0.1) is 11.8 Å². The van der Waals surface area contributed by atoms with Crippen molar-refractivity contribution in [2.45, 2.75) is 18.9 Å². The number of hydrogen-bond donors (Lipinski definition) is 1. The molecule has 5 heteroatoms. The van der Waals surface area contributed by atoms with Crippen molar-refractivity contribution in [3.05, 3.63) is 90.5 Å². The molecule has 5 aliphatic rings. The number of rotatable bonds is 5. The SMILES string of the molecule is O=C(Nc1cccc2ccccc12)[C@H](Cc1ccccc1)N1C(=O)[C@@H]2[C@H]3C=C[C@@H]([C@@H]4C[C@@H]34)[C@@H]2C1=O. The monoisotopic (exact) mass is 462 g/mol. The smallest absolute Gasteiger partial charge is 0.248 e. The lowest BCUT2D eigenvalue weighted by atomic mass is 9.63. The molecule has 0 radical (unpaired) electrons. The van der Waals surface area contributed by atoms with Gasteiger partial charge in [0.2, 0.25) is 17.7 Å². The summed E-state index contributed by atoms with van der Waals surface area (Å²) >= 11 is 0. The van der Waals surface area contributed by atoms with E-state index >= 15 is 0 Å². The Bertz CT molecular complexity index is 1360. The Morgan fingerprint density at radius 2 is 1.46 bits per heavy atom. The molecule has 4 aliphatic carbocycles. The Labute approximate surface area is 203 Å². The summed E-state index contributed by atoms with van der Waals surface area (Å²) in [6, 6.07) is 22.4. The molecular formula is C30H26N2O3. The molecule has 1 heterocycles. The van der Waals surface area contributed by atoms with Crippen molar-refractivity contribution in [1.29, 1.82) is 0 Å². The predicted octanol–water partition coefficient (Wildman–Crippen LogP) is 4.44. The number of likely N-dealkylation sites (tertiary alicyclic amines) is 1. The quantitative estimate of drug-likeness (QED) is 0.450. The predicted molar refractivity (Wildman–Crippen MR) is 133 cm³/mol. The van der Waals surface area contributed by atoms with Crippen molar-refractivity contribution >= 4 is 34.2 Å². The molecule has 35 heavy (non-hydrogen) atoms. The first-order valence-electron chi connectivity index (χ1n) is 12.5. The molecule has 3 aromatic carbocycles. The number of carbonyl (C=O) groups is 3. The van der Waals surface area contributed by atoms with Gasteiger partial charge >= 0.3 is 0 Å². The third-order valence-corrected chi connectivity index (χ3v) is 8.63. The first-order chi connectivity index (χ1) is 17.1. The lowest BCUT2D eigenvalue weighted by molar-refractivity contribution is -0.146. The fraction of sp³-hybridized carbons (Fsp3) is 0.300. The van der Waals surface area contributed by atoms with Crippen LogP contribution in [0.25, 0.3) is 10.8 Å². The lowest BCUT2D eigenvalue weighted by Crippen LogP contribution is -2.49. The summed E-state index contributed by atoms with van der Waals surface area (Å²) in [6.07, 6.45) is 5.74. The highest BCUT2D eigenvalue weighted by Gasteiger charge is 2.67. The van der Waals surface area contributed by atoms with Crippen LogP contribution in [0.3, 0.4) is 0 Å². The number of fused-ring (bicyclic) bond motifs is 1. The number of imide groups is 1. The molecular weight excluding hydrogens is 436 g/mol. The van der Waals surface area contributed by atoms with Crippen LogP contribution < -0.4 is 5.32 Å². The molecule has 0 aromatic heterocycles. The highest BCUT2D eigenvalue weighted by molar-refractivity contribution is 6.12. The second-order valence-electron chi connectivity index (χ2n) is 10.4. The standard InChI is InChI=1S/C30H26N2O3/c33-28(31-24-12-6-10-18-9-4-5-11-19(18)24)25(15-17-7-2-1-3-8-17)32-29(34)26-20-13-14-21(23-16-22(20)23)27(26)30(32)35/h1-14,20-23,25-27H,15-16H2,(H,31,33)/t20-,21-,22-,23-,25-,26-,27+/m0/s1. The number of hydrogen-bond acceptors (Lipinski definition) is 3. The zero-order valence-electron chi connectivity index (χ0n) is 19.2. The van der Waals surface area contributed by atoms with E-state index in [0.29, 0.717) is 23.9 Å². The van der Waals surface area contributed by atoms with E-state index in [9.17, 15) is 14.4 Å². The van der Waals surface area contributed by atoms with Crippen molar-refractivity contribution in [1.82, 2.24) is 4.90 Å². The van der Waals surface area contributed by atoms with Gasteiger partial charge in [-0.25, -0.2) is 0 Å². The zero-order chi connectivity index (χ0) is 23.7. The Morgan fingerprint density at radius 3 is 2.17 bits per heavy atom. The maximum absolute atomic E-state index is 13.8. The maximum atomic E-state index is 13.8. The van der Waals surface area contributed by atoms with Gasteiger partial charge < -0.3 is 5.32 Å². The van der Waals surface area contributed by atoms with Gasteiger partial charge in [0.25, 0.3) is 0 Å². The van der Waals surface area contributed by atoms with Gasteiger partial charge in [0.1, 0.15) is 6.04 Å². The van der Waals surface area contributed by atoms with Gasteiger partial charge in [-0.05, 0) is 47.1 Å². The molecule has 1 N–H and O–H groups in total. The number of anilines is 1. The molecule has 3 amide bonds. The molecule has 7 atom stereocenters. The number of nitrogens with zero attached hydrogens (tertiary/aromatic N) is 1. The van der Waals surface area contributed by atoms with Crippen molar-refractivity contribution in [2.24, 2.45) is 35.5 Å². The fourth-order valence-electron chi connectivity index (χ4n) is 6.98. The van der Waals surface area contributed by atoms with E-state index < -0.39 is 6.04 Å². The van der Waals surface area contributed by atoms with Gasteiger partial charge in [0.15, 0.2) is 0 Å². The molecule has 0 spiro atoms. The summed E-state index contributed by atoms with van der Waals surface area (Å²) in [5.74, 6) is 0.0353. The fourth-order valence-corrected chi connectivity index (χ4v) is 6.98. The van der Waals surface area contributed by atoms with Gasteiger partial charge in [0, 0.05) is 17.5 Å². The molecule has 2 saturated carbocycles. The second-order valence-corrected chi connectivity index (χ2v) is 10.4. The third-order valence-electron chi connectivity index (χ3n) is 8.63. The van der Waals surface area contributed by atoms with Crippen LogP contribution in [0.15, 0.2) is 84.9 Å². The van der Waals surface area contributed by atoms with E-state index in [1.54, 1.807) is 0 Å². The van der Waals surface area contributed by atoms with Gasteiger partial charge in [-0.15, -0.1) is 0 Å². The molecule has 1 aliphatic heterocycles. The third kappa shape index (κ3) is 3.10. The number of nitrogens with one attached hydrogen (secondary N) is 1. The van der Waals surface area contributed by atoms with Crippen LogP contribution in [0.4, 0.5) is 5.69 Å². The second kappa shape index (κ2) is 7.64. The minimum Gasteiger partial charge on any atom is -0.324 e. The molecule has 8 rings (SSSR count). The van der Waals surface area contributed by atoms with E-state index in [1.807, 2.05) is 72.8 Å². The van der Waals surface area contributed by atoms with Crippen molar-refractivity contribution in [2.75, 3.05) is 5.32 Å². The Kier molecular flexibility index (Phi) is 4.50. The normalized spacial score (nSPS) is 30.8. The van der Waals surface area contributed by atoms with Crippen LogP contribution in [0.5, 0.6) is 0 Å². The minimum absolute atomic E-state index is 0.134. The highest BCUT2D eigenvalue weighted by atomic mass is 16.2. The van der Waals surface area contributed by atoms with Crippen LogP contribution in [0.1, 0.15) is 12.0 Å². The summed E-state index contributed by atoms with van der Waals surface area (Å²) in [6.45, 7) is 0. The average Bonchev–Trinajstić information content (AvgIpc) is 3.67. The maximum Gasteiger partial charge on any atom is 0.248 e. The summed E-state index contributed by atoms with van der Waals surface area (Å²) in [5.41, 5.74) is 1.61. The number of amides is 3. The van der Waals surface area contributed by atoms with E-state index in [1.165, 1.54) is 4.90 Å². The minimum atomic E-state index is -0.891. The number of carbonyl (C=O) groups excluding carboxylic acids is 3. The van der Waals surface area contributed by atoms with Crippen molar-refractivity contribution < 1.29 is 14.4 Å². The molecule has 2 bridgehead atoms. The van der Waals surface area contributed by atoms with Gasteiger partial charge in [-0.1, -0.05) is 78.9 Å². The Morgan fingerprint density at radius 1 is 0.829 bits per heavy atom. The first-order valence-corrected chi connectivity index (χ1v) is 12.5. The van der Waals surface area contributed by atoms with Gasteiger partial charge in [-0.3, -0.25) is 19.3 Å². The summed E-state index contributed by atoms with van der Waals surface area (Å²) in [7, 11) is 0. The molecule has 174 valence electrons. The summed E-state index contributed by atoms with van der Waals surface area (Å²) in [4.78, 5) is 42.7.